The lowest BCUT2D eigenvalue weighted by molar-refractivity contribution is -0.125. The Hall–Kier alpha value is -1.43. The molecule has 3 atom stereocenters. The van der Waals surface area contributed by atoms with Crippen molar-refractivity contribution in [2.24, 2.45) is 5.92 Å². The zero-order valence-corrected chi connectivity index (χ0v) is 11.0. The van der Waals surface area contributed by atoms with Gasteiger partial charge < -0.3 is 20.5 Å². The molecule has 2 rings (SSSR count). The lowest BCUT2D eigenvalue weighted by Crippen LogP contribution is -2.43. The normalized spacial score (nSPS) is 24.1. The smallest absolute Gasteiger partial charge is 0.227 e. The van der Waals surface area contributed by atoms with Crippen LogP contribution >= 0.6 is 0 Å². The van der Waals surface area contributed by atoms with Crippen LogP contribution in [0.25, 0.3) is 0 Å². The largest absolute Gasteiger partial charge is 0.387 e. The highest BCUT2D eigenvalue weighted by Gasteiger charge is 2.32. The predicted octanol–water partition coefficient (Wildman–Crippen LogP) is 0.0706. The maximum Gasteiger partial charge on any atom is 0.227 e. The summed E-state index contributed by atoms with van der Waals surface area (Å²) in [4.78, 5) is 12.0. The molecule has 1 saturated heterocycles. The number of ether oxygens (including phenoxy) is 1. The molecule has 5 nitrogen and oxygen atoms in total. The highest BCUT2D eigenvalue weighted by Crippen LogP contribution is 2.15. The summed E-state index contributed by atoms with van der Waals surface area (Å²) in [5, 5.41) is 15.8. The van der Waals surface area contributed by atoms with Crippen molar-refractivity contribution in [2.45, 2.75) is 12.1 Å². The summed E-state index contributed by atoms with van der Waals surface area (Å²) in [7, 11) is 1.82. The van der Waals surface area contributed by atoms with Gasteiger partial charge in [0.2, 0.25) is 5.91 Å². The van der Waals surface area contributed by atoms with Crippen LogP contribution in [-0.2, 0) is 9.53 Å². The van der Waals surface area contributed by atoms with Gasteiger partial charge in [-0.1, -0.05) is 30.3 Å². The molecule has 3 N–H and O–H groups in total. The lowest BCUT2D eigenvalue weighted by atomic mass is 10.0. The first-order valence-electron chi connectivity index (χ1n) is 6.48. The molecule has 1 aromatic rings. The van der Waals surface area contributed by atoms with E-state index in [9.17, 15) is 9.90 Å². The number of aliphatic hydroxyl groups excluding tert-OH is 1. The van der Waals surface area contributed by atoms with Crippen molar-refractivity contribution in [3.63, 3.8) is 0 Å². The molecule has 1 fully saturated rings. The maximum absolute atomic E-state index is 12.0. The van der Waals surface area contributed by atoms with Crippen LogP contribution in [0.2, 0.25) is 0 Å². The molecule has 0 radical (unpaired) electrons. The molecule has 104 valence electrons. The van der Waals surface area contributed by atoms with Crippen molar-refractivity contribution in [1.82, 2.24) is 10.6 Å². The lowest BCUT2D eigenvalue weighted by Gasteiger charge is -2.18. The van der Waals surface area contributed by atoms with Crippen molar-refractivity contribution in [2.75, 3.05) is 26.8 Å². The van der Waals surface area contributed by atoms with E-state index in [2.05, 4.69) is 10.6 Å². The number of likely N-dealkylation sites (N-methyl/N-ethyl adjacent to an activating group) is 1. The Morgan fingerprint density at radius 3 is 2.84 bits per heavy atom. The second-order valence-corrected chi connectivity index (χ2v) is 4.71. The highest BCUT2D eigenvalue weighted by molar-refractivity contribution is 5.79. The van der Waals surface area contributed by atoms with Crippen LogP contribution < -0.4 is 10.6 Å². The highest BCUT2D eigenvalue weighted by atomic mass is 16.5. The molecule has 19 heavy (non-hydrogen) atoms. The molecule has 0 saturated carbocycles. The number of benzene rings is 1. The number of hydrogen-bond donors (Lipinski definition) is 3. The predicted molar refractivity (Wildman–Crippen MR) is 71.6 cm³/mol. The van der Waals surface area contributed by atoms with Gasteiger partial charge in [-0.2, -0.15) is 0 Å². The Morgan fingerprint density at radius 2 is 2.16 bits per heavy atom. The topological polar surface area (TPSA) is 70.6 Å². The van der Waals surface area contributed by atoms with E-state index in [4.69, 9.17) is 4.74 Å². The van der Waals surface area contributed by atoms with Crippen molar-refractivity contribution in [3.8, 4) is 0 Å². The Morgan fingerprint density at radius 1 is 1.42 bits per heavy atom. The average molecular weight is 264 g/mol. The van der Waals surface area contributed by atoms with Gasteiger partial charge in [-0.15, -0.1) is 0 Å². The van der Waals surface area contributed by atoms with Gasteiger partial charge in [-0.3, -0.25) is 4.79 Å². The van der Waals surface area contributed by atoms with E-state index in [1.807, 2.05) is 37.4 Å². The SMILES string of the molecule is CNC1COCC1C(=O)NCC(O)c1ccccc1. The minimum Gasteiger partial charge on any atom is -0.387 e. The fourth-order valence-corrected chi connectivity index (χ4v) is 2.22. The van der Waals surface area contributed by atoms with Gasteiger partial charge in [0.05, 0.1) is 25.2 Å². The number of amides is 1. The Balaban J connectivity index is 1.83. The summed E-state index contributed by atoms with van der Waals surface area (Å²) in [5.74, 6) is -0.264. The van der Waals surface area contributed by atoms with E-state index in [-0.39, 0.29) is 24.4 Å². The fourth-order valence-electron chi connectivity index (χ4n) is 2.22. The standard InChI is InChI=1S/C14H20N2O3/c1-15-12-9-19-8-11(12)14(18)16-7-13(17)10-5-3-2-4-6-10/h2-6,11-13,15,17H,7-9H2,1H3,(H,16,18). The number of rotatable bonds is 5. The number of aliphatic hydroxyl groups is 1. The molecule has 1 aromatic carbocycles. The van der Waals surface area contributed by atoms with Gasteiger partial charge >= 0.3 is 0 Å². The molecule has 1 aliphatic heterocycles. The molecule has 5 heteroatoms. The van der Waals surface area contributed by atoms with E-state index < -0.39 is 6.10 Å². The van der Waals surface area contributed by atoms with E-state index in [1.54, 1.807) is 0 Å². The molecule has 3 unspecified atom stereocenters. The van der Waals surface area contributed by atoms with E-state index >= 15 is 0 Å². The van der Waals surface area contributed by atoms with Crippen LogP contribution in [0.3, 0.4) is 0 Å². The minimum absolute atomic E-state index is 0.0499. The second kappa shape index (κ2) is 6.65. The maximum atomic E-state index is 12.0. The first-order chi connectivity index (χ1) is 9.22. The van der Waals surface area contributed by atoms with Gasteiger partial charge in [-0.05, 0) is 12.6 Å². The number of nitrogens with one attached hydrogen (secondary N) is 2. The molecule has 0 aliphatic carbocycles. The number of carbonyl (C=O) groups excluding carboxylic acids is 1. The van der Waals surface area contributed by atoms with Crippen molar-refractivity contribution >= 4 is 5.91 Å². The Labute approximate surface area is 113 Å². The van der Waals surface area contributed by atoms with Crippen LogP contribution in [0, 0.1) is 5.92 Å². The van der Waals surface area contributed by atoms with E-state index in [0.717, 1.165) is 5.56 Å². The first kappa shape index (κ1) is 14.0. The molecule has 0 bridgehead atoms. The Kier molecular flexibility index (Phi) is 4.90. The van der Waals surface area contributed by atoms with Crippen LogP contribution in [0.4, 0.5) is 0 Å². The zero-order chi connectivity index (χ0) is 13.7. The monoisotopic (exact) mass is 264 g/mol. The third-order valence-corrected chi connectivity index (χ3v) is 3.44. The van der Waals surface area contributed by atoms with Crippen LogP contribution in [0.1, 0.15) is 11.7 Å². The first-order valence-corrected chi connectivity index (χ1v) is 6.48. The van der Waals surface area contributed by atoms with Gasteiger partial charge in [0.15, 0.2) is 0 Å². The second-order valence-electron chi connectivity index (χ2n) is 4.71. The number of carbonyl (C=O) groups is 1. The van der Waals surface area contributed by atoms with Gasteiger partial charge in [0.1, 0.15) is 0 Å². The summed E-state index contributed by atoms with van der Waals surface area (Å²) in [5.41, 5.74) is 0.802. The van der Waals surface area contributed by atoms with Crippen molar-refractivity contribution < 1.29 is 14.6 Å². The molecule has 1 heterocycles. The third-order valence-electron chi connectivity index (χ3n) is 3.44. The average Bonchev–Trinajstić information content (AvgIpc) is 2.93. The summed E-state index contributed by atoms with van der Waals surface area (Å²) in [6.07, 6.45) is -0.680. The summed E-state index contributed by atoms with van der Waals surface area (Å²) >= 11 is 0. The van der Waals surface area contributed by atoms with Gasteiger partial charge in [-0.25, -0.2) is 0 Å². The fraction of sp³-hybridized carbons (Fsp3) is 0.500. The van der Waals surface area contributed by atoms with Crippen LogP contribution in [-0.4, -0.2) is 43.9 Å². The summed E-state index contributed by atoms with van der Waals surface area (Å²) in [6.45, 7) is 1.20. The van der Waals surface area contributed by atoms with Gasteiger partial charge in [0, 0.05) is 12.6 Å². The Bertz CT molecular complexity index is 410. The molecule has 0 spiro atoms. The third kappa shape index (κ3) is 3.53. The van der Waals surface area contributed by atoms with E-state index in [1.165, 1.54) is 0 Å². The minimum atomic E-state index is -0.680. The van der Waals surface area contributed by atoms with Crippen LogP contribution in [0.15, 0.2) is 30.3 Å². The van der Waals surface area contributed by atoms with Crippen molar-refractivity contribution in [1.29, 1.82) is 0 Å². The summed E-state index contributed by atoms with van der Waals surface area (Å²) in [6, 6.07) is 9.35. The molecular weight excluding hydrogens is 244 g/mol. The molecular formula is C14H20N2O3. The molecule has 1 amide bonds. The summed E-state index contributed by atoms with van der Waals surface area (Å²) < 4.78 is 5.29. The van der Waals surface area contributed by atoms with Crippen molar-refractivity contribution in [3.05, 3.63) is 35.9 Å². The van der Waals surface area contributed by atoms with Gasteiger partial charge in [0.25, 0.3) is 0 Å². The zero-order valence-electron chi connectivity index (χ0n) is 11.0. The molecule has 0 aromatic heterocycles. The molecule has 1 aliphatic rings. The number of hydrogen-bond acceptors (Lipinski definition) is 4. The van der Waals surface area contributed by atoms with Crippen LogP contribution in [0.5, 0.6) is 0 Å². The quantitative estimate of drug-likeness (QED) is 0.704. The van der Waals surface area contributed by atoms with E-state index in [0.29, 0.717) is 13.2 Å².